The van der Waals surface area contributed by atoms with E-state index in [2.05, 4.69) is 10.3 Å². The first-order chi connectivity index (χ1) is 12.7. The zero-order valence-electron chi connectivity index (χ0n) is 14.0. The van der Waals surface area contributed by atoms with Crippen molar-refractivity contribution in [2.24, 2.45) is 0 Å². The quantitative estimate of drug-likeness (QED) is 0.738. The van der Waals surface area contributed by atoms with E-state index in [1.165, 1.54) is 0 Å². The van der Waals surface area contributed by atoms with Crippen molar-refractivity contribution in [1.82, 2.24) is 4.98 Å². The smallest absolute Gasteiger partial charge is 0.262 e. The summed E-state index contributed by atoms with van der Waals surface area (Å²) in [5.41, 5.74) is 2.85. The Bertz CT molecular complexity index is 962. The van der Waals surface area contributed by atoms with Gasteiger partial charge in [-0.1, -0.05) is 29.8 Å². The Labute approximate surface area is 156 Å². The molecule has 1 N–H and O–H groups in total. The lowest BCUT2D eigenvalue weighted by Crippen LogP contribution is -2.32. The lowest BCUT2D eigenvalue weighted by Gasteiger charge is -2.26. The summed E-state index contributed by atoms with van der Waals surface area (Å²) in [4.78, 5) is 19.1. The molecule has 2 aromatic carbocycles. The number of amides is 1. The molecule has 5 nitrogen and oxygen atoms in total. The minimum Gasteiger partial charge on any atom is -0.495 e. The van der Waals surface area contributed by atoms with Crippen molar-refractivity contribution in [3.8, 4) is 5.75 Å². The van der Waals surface area contributed by atoms with Gasteiger partial charge in [0.1, 0.15) is 5.75 Å². The molecule has 130 valence electrons. The number of pyridine rings is 1. The van der Waals surface area contributed by atoms with Crippen molar-refractivity contribution < 1.29 is 9.53 Å². The first-order valence-corrected chi connectivity index (χ1v) is 8.50. The number of halogens is 1. The summed E-state index contributed by atoms with van der Waals surface area (Å²) in [6, 6.07) is 18.5. The molecule has 2 heterocycles. The lowest BCUT2D eigenvalue weighted by molar-refractivity contribution is 0.0993. The van der Waals surface area contributed by atoms with Gasteiger partial charge in [0, 0.05) is 17.6 Å². The number of nitrogens with one attached hydrogen (secondary N) is 1. The Kier molecular flexibility index (Phi) is 4.22. The van der Waals surface area contributed by atoms with E-state index in [-0.39, 0.29) is 5.91 Å². The van der Waals surface area contributed by atoms with Crippen LogP contribution in [0, 0.1) is 0 Å². The third-order valence-corrected chi connectivity index (χ3v) is 4.59. The van der Waals surface area contributed by atoms with Gasteiger partial charge in [-0.3, -0.25) is 14.7 Å². The Hall–Kier alpha value is -3.05. The van der Waals surface area contributed by atoms with Gasteiger partial charge in [0.25, 0.3) is 5.91 Å². The maximum Gasteiger partial charge on any atom is 0.262 e. The van der Waals surface area contributed by atoms with Gasteiger partial charge in [-0.05, 0) is 42.5 Å². The van der Waals surface area contributed by atoms with E-state index in [9.17, 15) is 4.79 Å². The van der Waals surface area contributed by atoms with Crippen LogP contribution in [0.25, 0.3) is 0 Å². The van der Waals surface area contributed by atoms with E-state index in [1.807, 2.05) is 36.4 Å². The summed E-state index contributed by atoms with van der Waals surface area (Å²) >= 11 is 6.24. The molecule has 0 fully saturated rings. The second-order valence-electron chi connectivity index (χ2n) is 5.84. The first kappa shape index (κ1) is 16.4. The molecule has 4 rings (SSSR count). The van der Waals surface area contributed by atoms with E-state index in [0.717, 1.165) is 11.4 Å². The zero-order valence-corrected chi connectivity index (χ0v) is 14.8. The summed E-state index contributed by atoms with van der Waals surface area (Å²) in [6.45, 7) is 0. The van der Waals surface area contributed by atoms with Crippen molar-refractivity contribution >= 4 is 28.9 Å². The monoisotopic (exact) mass is 365 g/mol. The molecule has 0 aliphatic carbocycles. The number of hydrogen-bond donors (Lipinski definition) is 1. The Balaban J connectivity index is 1.75. The third-order valence-electron chi connectivity index (χ3n) is 4.29. The standard InChI is InChI=1S/C20H16ClN3O2/c1-26-17-10-9-13(12-16(17)21)23-19-18-15(8-5-11-22-18)20(25)24(19)14-6-3-2-4-7-14/h2-12,19,23H,1H3. The maximum absolute atomic E-state index is 13.0. The number of anilines is 2. The topological polar surface area (TPSA) is 54.5 Å². The summed E-state index contributed by atoms with van der Waals surface area (Å²) in [5.74, 6) is 0.509. The van der Waals surface area contributed by atoms with E-state index >= 15 is 0 Å². The van der Waals surface area contributed by atoms with E-state index < -0.39 is 6.17 Å². The molecule has 6 heteroatoms. The van der Waals surface area contributed by atoms with E-state index in [0.29, 0.717) is 22.0 Å². The van der Waals surface area contributed by atoms with Crippen molar-refractivity contribution in [3.05, 3.63) is 83.1 Å². The van der Waals surface area contributed by atoms with Crippen LogP contribution in [0.1, 0.15) is 22.2 Å². The number of benzene rings is 2. The molecule has 0 saturated carbocycles. The van der Waals surface area contributed by atoms with Crippen molar-refractivity contribution in [1.29, 1.82) is 0 Å². The van der Waals surface area contributed by atoms with Crippen LogP contribution in [0.2, 0.25) is 5.02 Å². The van der Waals surface area contributed by atoms with Gasteiger partial charge >= 0.3 is 0 Å². The number of rotatable bonds is 4. The lowest BCUT2D eigenvalue weighted by atomic mass is 10.2. The van der Waals surface area contributed by atoms with E-state index in [4.69, 9.17) is 16.3 Å². The first-order valence-electron chi connectivity index (χ1n) is 8.12. The van der Waals surface area contributed by atoms with Gasteiger partial charge in [0.15, 0.2) is 6.17 Å². The van der Waals surface area contributed by atoms with Gasteiger partial charge < -0.3 is 10.1 Å². The molecule has 0 saturated heterocycles. The highest BCUT2D eigenvalue weighted by Gasteiger charge is 2.38. The maximum atomic E-state index is 13.0. The van der Waals surface area contributed by atoms with Crippen molar-refractivity contribution in [2.45, 2.75) is 6.17 Å². The molecule has 3 aromatic rings. The van der Waals surface area contributed by atoms with Gasteiger partial charge in [0.2, 0.25) is 0 Å². The van der Waals surface area contributed by atoms with Crippen LogP contribution in [0.15, 0.2) is 66.9 Å². The van der Waals surface area contributed by atoms with Gasteiger partial charge in [-0.25, -0.2) is 0 Å². The molecule has 0 spiro atoms. The molecule has 1 aromatic heterocycles. The van der Waals surface area contributed by atoms with Gasteiger partial charge in [-0.2, -0.15) is 0 Å². The fourth-order valence-corrected chi connectivity index (χ4v) is 3.35. The second kappa shape index (κ2) is 6.69. The number of hydrogen-bond acceptors (Lipinski definition) is 4. The molecular formula is C20H16ClN3O2. The number of para-hydroxylation sites is 1. The van der Waals surface area contributed by atoms with Crippen LogP contribution in [-0.2, 0) is 0 Å². The Morgan fingerprint density at radius 1 is 1.12 bits per heavy atom. The zero-order chi connectivity index (χ0) is 18.1. The highest BCUT2D eigenvalue weighted by Crippen LogP contribution is 2.37. The normalized spacial score (nSPS) is 15.7. The highest BCUT2D eigenvalue weighted by molar-refractivity contribution is 6.32. The SMILES string of the molecule is COc1ccc(NC2c3ncccc3C(=O)N2c2ccccc2)cc1Cl. The summed E-state index contributed by atoms with van der Waals surface area (Å²) in [5, 5.41) is 3.87. The highest BCUT2D eigenvalue weighted by atomic mass is 35.5. The molecule has 0 radical (unpaired) electrons. The number of carbonyl (C=O) groups is 1. The second-order valence-corrected chi connectivity index (χ2v) is 6.25. The number of ether oxygens (including phenoxy) is 1. The number of methoxy groups -OCH3 is 1. The minimum absolute atomic E-state index is 0.0867. The van der Waals surface area contributed by atoms with E-state index in [1.54, 1.807) is 42.5 Å². The summed E-state index contributed by atoms with van der Waals surface area (Å²) in [6.07, 6.45) is 1.27. The number of aromatic nitrogens is 1. The van der Waals surface area contributed by atoms with Crippen molar-refractivity contribution in [3.63, 3.8) is 0 Å². The van der Waals surface area contributed by atoms with Gasteiger partial charge in [-0.15, -0.1) is 0 Å². The molecular weight excluding hydrogens is 350 g/mol. The van der Waals surface area contributed by atoms with Crippen LogP contribution >= 0.6 is 11.6 Å². The largest absolute Gasteiger partial charge is 0.495 e. The fourth-order valence-electron chi connectivity index (χ4n) is 3.09. The average Bonchev–Trinajstić information content (AvgIpc) is 2.95. The number of carbonyl (C=O) groups excluding carboxylic acids is 1. The summed E-state index contributed by atoms with van der Waals surface area (Å²) in [7, 11) is 1.57. The van der Waals surface area contributed by atoms with Crippen LogP contribution in [0.4, 0.5) is 11.4 Å². The van der Waals surface area contributed by atoms with Crippen LogP contribution in [0.5, 0.6) is 5.75 Å². The van der Waals surface area contributed by atoms with Crippen LogP contribution in [-0.4, -0.2) is 18.0 Å². The molecule has 1 aliphatic rings. The minimum atomic E-state index is -0.425. The van der Waals surface area contributed by atoms with Crippen LogP contribution in [0.3, 0.4) is 0 Å². The molecule has 1 amide bonds. The number of nitrogens with zero attached hydrogens (tertiary/aromatic N) is 2. The Morgan fingerprint density at radius 3 is 2.65 bits per heavy atom. The molecule has 1 unspecified atom stereocenters. The number of fused-ring (bicyclic) bond motifs is 1. The summed E-state index contributed by atoms with van der Waals surface area (Å²) < 4.78 is 5.20. The third kappa shape index (κ3) is 2.76. The predicted molar refractivity (Wildman–Crippen MR) is 102 cm³/mol. The van der Waals surface area contributed by atoms with Gasteiger partial charge in [0.05, 0.1) is 23.4 Å². The Morgan fingerprint density at radius 2 is 1.92 bits per heavy atom. The average molecular weight is 366 g/mol. The molecule has 0 bridgehead atoms. The van der Waals surface area contributed by atoms with Crippen molar-refractivity contribution in [2.75, 3.05) is 17.3 Å². The fraction of sp³-hybridized carbons (Fsp3) is 0.100. The molecule has 1 aliphatic heterocycles. The molecule has 26 heavy (non-hydrogen) atoms. The van der Waals surface area contributed by atoms with Crippen LogP contribution < -0.4 is 15.0 Å². The molecule has 1 atom stereocenters. The predicted octanol–water partition coefficient (Wildman–Crippen LogP) is 4.51.